The molecule has 1 aromatic carbocycles. The fourth-order valence-electron chi connectivity index (χ4n) is 8.49. The summed E-state index contributed by atoms with van der Waals surface area (Å²) >= 11 is 0. The Balaban J connectivity index is 0.000000308. The van der Waals surface area contributed by atoms with Crippen molar-refractivity contribution < 1.29 is 122 Å². The van der Waals surface area contributed by atoms with E-state index in [0.717, 1.165) is 0 Å². The smallest absolute Gasteiger partial charge is 0.426 e. The molecule has 4 amide bonds. The van der Waals surface area contributed by atoms with E-state index in [0.29, 0.717) is 11.6 Å². The van der Waals surface area contributed by atoms with Gasteiger partial charge < -0.3 is 47.1 Å². The van der Waals surface area contributed by atoms with Gasteiger partial charge >= 0.3 is 49.1 Å². The van der Waals surface area contributed by atoms with Crippen molar-refractivity contribution in [1.29, 1.82) is 0 Å². The number of aliphatic hydroxyl groups is 1. The molecule has 6 atom stereocenters. The third-order valence-corrected chi connectivity index (χ3v) is 12.8. The number of alkyl halides is 12. The number of imide groups is 2. The van der Waals surface area contributed by atoms with Gasteiger partial charge in [0.2, 0.25) is 23.0 Å². The molecule has 0 spiro atoms. The lowest BCUT2D eigenvalue weighted by molar-refractivity contribution is -0.295. The minimum Gasteiger partial charge on any atom is -0.474 e. The Morgan fingerprint density at radius 1 is 0.579 bits per heavy atom. The van der Waals surface area contributed by atoms with Crippen LogP contribution in [0.3, 0.4) is 0 Å². The first kappa shape index (κ1) is 72.5. The third-order valence-electron chi connectivity index (χ3n) is 12.8. The molecular formula is C61H72F12N8O14. The van der Waals surface area contributed by atoms with E-state index in [2.05, 4.69) is 30.4 Å². The average molecular weight is 1370 g/mol. The fraction of sp³-hybridized carbons (Fsp3) is 0.574. The van der Waals surface area contributed by atoms with Gasteiger partial charge in [-0.25, -0.2) is 29.1 Å². The summed E-state index contributed by atoms with van der Waals surface area (Å²) in [5.41, 5.74) is -18.9. The number of aromatic nitrogens is 6. The van der Waals surface area contributed by atoms with Crippen molar-refractivity contribution in [2.75, 3.05) is 9.80 Å². The standard InChI is InChI=1S/C34H38F6N4O7.C27H34F6N4O7/c1-20-14-10-9-13-17-32(34(38,39)40,47-19-21-15-11-8-12-16-21)27-43-42-26(49-27)24-23(18-22(33(35,36)37)25(41-24)48-20)44(28(45)50-30(2,3)4)29(46)51-31(5,6)7;1-14-11-9-8-10-12-25(40,27(31,32)33)20-36-35-19(42-20)17-16(13-15(26(28,29)30)18(34-17)41-14)37(21(38)43-23(2,3)4)22(39)44-24(5,6)7/h8-9,11-13,15-16,18,20H,10,14,17,19H2,1-7H3;13-14,40H,8-12H2,1-7H3/t20-,32-;14-,25-/m11/s1/i;8D,10D/t;8?,10?,14-,25-. The first-order chi connectivity index (χ1) is 44.2. The van der Waals surface area contributed by atoms with Crippen molar-refractivity contribution >= 4 is 35.7 Å². The molecule has 95 heavy (non-hydrogen) atoms. The van der Waals surface area contributed by atoms with Crippen molar-refractivity contribution in [2.24, 2.45) is 0 Å². The van der Waals surface area contributed by atoms with Crippen molar-refractivity contribution in [3.63, 3.8) is 0 Å². The topological polar surface area (TPSA) is 263 Å². The quantitative estimate of drug-likeness (QED) is 0.0973. The molecule has 2 aliphatic rings. The van der Waals surface area contributed by atoms with Crippen molar-refractivity contribution in [1.82, 2.24) is 30.4 Å². The van der Waals surface area contributed by atoms with Gasteiger partial charge in [0, 0.05) is 9.16 Å². The predicted octanol–water partition coefficient (Wildman–Crippen LogP) is 16.6. The third kappa shape index (κ3) is 19.4. The van der Waals surface area contributed by atoms with Gasteiger partial charge in [0.15, 0.2) is 11.4 Å². The van der Waals surface area contributed by atoms with Gasteiger partial charge in [-0.05, 0) is 153 Å². The Bertz CT molecular complexity index is 3580. The number of fused-ring (bicyclic) bond motifs is 10. The lowest BCUT2D eigenvalue weighted by atomic mass is 9.94. The monoisotopic (exact) mass is 1370 g/mol. The largest absolute Gasteiger partial charge is 0.474 e. The molecule has 22 nitrogen and oxygen atoms in total. The van der Waals surface area contributed by atoms with Crippen LogP contribution in [-0.4, -0.2) is 107 Å². The van der Waals surface area contributed by atoms with Crippen molar-refractivity contribution in [3.8, 4) is 34.9 Å². The Kier molecular flexibility index (Phi) is 21.5. The second kappa shape index (κ2) is 28.2. The summed E-state index contributed by atoms with van der Waals surface area (Å²) in [5, 5.41) is 24.8. The first-order valence-corrected chi connectivity index (χ1v) is 29.1. The number of carbonyl (C=O) groups is 4. The van der Waals surface area contributed by atoms with Crippen molar-refractivity contribution in [2.45, 2.75) is 225 Å². The van der Waals surface area contributed by atoms with Crippen LogP contribution in [0.5, 0.6) is 11.8 Å². The number of anilines is 2. The molecule has 2 aliphatic heterocycles. The molecule has 524 valence electrons. The second-order valence-electron chi connectivity index (χ2n) is 25.6. The molecule has 8 bridgehead atoms. The van der Waals surface area contributed by atoms with E-state index >= 15 is 13.2 Å². The van der Waals surface area contributed by atoms with Crippen LogP contribution in [0.25, 0.3) is 23.2 Å². The van der Waals surface area contributed by atoms with Gasteiger partial charge in [0.1, 0.15) is 33.5 Å². The van der Waals surface area contributed by atoms with Crippen LogP contribution >= 0.6 is 0 Å². The molecule has 0 fully saturated rings. The van der Waals surface area contributed by atoms with Gasteiger partial charge in [0.25, 0.3) is 23.6 Å². The van der Waals surface area contributed by atoms with E-state index in [1.807, 2.05) is 0 Å². The highest BCUT2D eigenvalue weighted by Crippen LogP contribution is 2.50. The molecule has 0 saturated heterocycles. The summed E-state index contributed by atoms with van der Waals surface area (Å²) in [4.78, 5) is 61.8. The number of benzene rings is 1. The normalized spacial score (nSPS) is 21.3. The maximum Gasteiger partial charge on any atom is 0.426 e. The Hall–Kier alpha value is -8.30. The number of ether oxygens (including phenoxy) is 7. The van der Waals surface area contributed by atoms with Crippen LogP contribution in [0.15, 0.2) is 63.5 Å². The number of allylic oxidation sites excluding steroid dienone is 1. The number of hydrogen-bond acceptors (Lipinski definition) is 20. The molecule has 2 unspecified atom stereocenters. The van der Waals surface area contributed by atoms with Crippen LogP contribution in [-0.2, 0) is 53.8 Å². The minimum absolute atomic E-state index is 0.0365. The molecule has 4 aromatic heterocycles. The predicted molar refractivity (Wildman–Crippen MR) is 310 cm³/mol. The molecule has 5 aromatic rings. The van der Waals surface area contributed by atoms with Crippen LogP contribution in [0.4, 0.5) is 83.2 Å². The summed E-state index contributed by atoms with van der Waals surface area (Å²) < 4.78 is 240. The van der Waals surface area contributed by atoms with E-state index < -0.39 is 196 Å². The maximum atomic E-state index is 15.2. The average Bonchev–Trinajstić information content (AvgIpc) is 1.75. The highest BCUT2D eigenvalue weighted by molar-refractivity contribution is 6.12. The molecule has 0 aliphatic carbocycles. The van der Waals surface area contributed by atoms with E-state index in [1.165, 1.54) is 109 Å². The molecule has 0 saturated carbocycles. The maximum absolute atomic E-state index is 15.2. The number of hydrogen-bond donors (Lipinski definition) is 1. The van der Waals surface area contributed by atoms with Crippen LogP contribution in [0.1, 0.15) is 179 Å². The molecular weight excluding hydrogens is 1300 g/mol. The van der Waals surface area contributed by atoms with E-state index in [1.54, 1.807) is 30.3 Å². The van der Waals surface area contributed by atoms with Crippen LogP contribution in [0.2, 0.25) is 0 Å². The SMILES string of the molecule is C[C@@H]1CCC=CC[C@](OCc2ccccc2)(C(F)(F)F)c2nnc(o2)-c2nc(c(C(F)(F)F)cc2N(C(=O)OC(C)(C)C)C(=O)OC(C)(C)C)O1.[2H]C1CC[C@@H](C)Oc2nc(c(N(C(=O)OC(C)(C)C)C(=O)OC(C)(C)C)cc2C(F)(F)F)-c2nnc(o2)[C@@](O)(C(F)(F)F)CC1[2H]. The summed E-state index contributed by atoms with van der Waals surface area (Å²) in [5.74, 6) is -6.78. The number of halogens is 12. The second-order valence-corrected chi connectivity index (χ2v) is 25.6. The first-order valence-electron chi connectivity index (χ1n) is 30.2. The molecule has 6 heterocycles. The lowest BCUT2D eigenvalue weighted by Crippen LogP contribution is -2.45. The summed E-state index contributed by atoms with van der Waals surface area (Å²) in [6.07, 6.45) is -32.7. The van der Waals surface area contributed by atoms with Crippen molar-refractivity contribution in [3.05, 3.63) is 83.1 Å². The Morgan fingerprint density at radius 3 is 1.39 bits per heavy atom. The minimum atomic E-state index is -5.52. The number of carbonyl (C=O) groups excluding carboxylic acids is 4. The zero-order chi connectivity index (χ0) is 73.2. The summed E-state index contributed by atoms with van der Waals surface area (Å²) in [7, 11) is 0. The van der Waals surface area contributed by atoms with Gasteiger partial charge in [-0.2, -0.15) is 62.5 Å². The van der Waals surface area contributed by atoms with Gasteiger partial charge in [-0.1, -0.05) is 48.9 Å². The van der Waals surface area contributed by atoms with E-state index in [4.69, 9.17) is 44.7 Å². The molecule has 7 rings (SSSR count). The van der Waals surface area contributed by atoms with E-state index in [-0.39, 0.29) is 41.5 Å². The number of nitrogens with zero attached hydrogens (tertiary/aromatic N) is 8. The Morgan fingerprint density at radius 2 is 0.989 bits per heavy atom. The fourth-order valence-corrected chi connectivity index (χ4v) is 8.49. The molecule has 1 N–H and O–H groups in total. The zero-order valence-corrected chi connectivity index (χ0v) is 53.8. The summed E-state index contributed by atoms with van der Waals surface area (Å²) in [6, 6.07) is 8.60. The van der Waals surface area contributed by atoms with E-state index in [9.17, 15) is 63.8 Å². The molecule has 34 heteroatoms. The van der Waals surface area contributed by atoms with Crippen LogP contribution in [0, 0.1) is 0 Å². The van der Waals surface area contributed by atoms with Crippen LogP contribution < -0.4 is 19.3 Å². The lowest BCUT2D eigenvalue weighted by Gasteiger charge is -2.32. The number of amides is 4. The van der Waals surface area contributed by atoms with Gasteiger partial charge in [0.05, 0.1) is 30.2 Å². The van der Waals surface area contributed by atoms with Gasteiger partial charge in [-0.3, -0.25) is 0 Å². The zero-order valence-electron chi connectivity index (χ0n) is 55.8. The highest BCUT2D eigenvalue weighted by atomic mass is 19.4. The summed E-state index contributed by atoms with van der Waals surface area (Å²) in [6.45, 7) is 19.2. The Labute approximate surface area is 539 Å². The highest BCUT2D eigenvalue weighted by Gasteiger charge is 2.62. The van der Waals surface area contributed by atoms with Gasteiger partial charge in [-0.15, -0.1) is 20.4 Å². The number of rotatable bonds is 5. The number of pyridine rings is 2. The molecule has 0 radical (unpaired) electrons.